The second-order valence-corrected chi connectivity index (χ2v) is 6.48. The Balaban J connectivity index is 1.51. The maximum Gasteiger partial charge on any atom is 0.251 e. The van der Waals surface area contributed by atoms with E-state index in [-0.39, 0.29) is 5.91 Å². The summed E-state index contributed by atoms with van der Waals surface area (Å²) < 4.78 is 7.41. The van der Waals surface area contributed by atoms with Crippen LogP contribution in [0.5, 0.6) is 5.75 Å². The number of hydrogen-bond donors (Lipinski definition) is 1. The number of aromatic nitrogens is 2. The van der Waals surface area contributed by atoms with E-state index in [1.54, 1.807) is 13.4 Å². The third-order valence-electron chi connectivity index (χ3n) is 4.70. The van der Waals surface area contributed by atoms with E-state index in [2.05, 4.69) is 22.4 Å². The first-order valence-corrected chi connectivity index (χ1v) is 9.19. The van der Waals surface area contributed by atoms with Crippen LogP contribution in [0.3, 0.4) is 0 Å². The van der Waals surface area contributed by atoms with Crippen LogP contribution >= 0.6 is 0 Å². The van der Waals surface area contributed by atoms with Crippen LogP contribution in [0.4, 0.5) is 0 Å². The second-order valence-electron chi connectivity index (χ2n) is 6.48. The molecule has 0 spiro atoms. The van der Waals surface area contributed by atoms with Crippen molar-refractivity contribution in [3.05, 3.63) is 90.3 Å². The Hall–Kier alpha value is -3.60. The Morgan fingerprint density at radius 1 is 1.04 bits per heavy atom. The van der Waals surface area contributed by atoms with Crippen LogP contribution in [0.1, 0.15) is 15.9 Å². The zero-order chi connectivity index (χ0) is 19.3. The quantitative estimate of drug-likeness (QED) is 0.557. The van der Waals surface area contributed by atoms with Crippen LogP contribution in [0, 0.1) is 0 Å². The highest BCUT2D eigenvalue weighted by Gasteiger charge is 2.12. The molecule has 1 aromatic heterocycles. The van der Waals surface area contributed by atoms with Crippen molar-refractivity contribution in [2.45, 2.75) is 6.42 Å². The molecular weight excluding hydrogens is 350 g/mol. The number of hydrogen-bond acceptors (Lipinski definition) is 3. The van der Waals surface area contributed by atoms with Gasteiger partial charge in [-0.05, 0) is 42.3 Å². The molecule has 0 aliphatic carbocycles. The molecule has 4 rings (SSSR count). The lowest BCUT2D eigenvalue weighted by Gasteiger charge is -2.10. The third kappa shape index (κ3) is 3.60. The summed E-state index contributed by atoms with van der Waals surface area (Å²) in [6, 6.07) is 23.4. The number of methoxy groups -OCH3 is 1. The molecule has 5 heteroatoms. The predicted molar refractivity (Wildman–Crippen MR) is 110 cm³/mol. The van der Waals surface area contributed by atoms with Gasteiger partial charge in [-0.25, -0.2) is 4.98 Å². The molecule has 0 atom stereocenters. The van der Waals surface area contributed by atoms with Crippen molar-refractivity contribution in [3.8, 4) is 11.4 Å². The van der Waals surface area contributed by atoms with E-state index < -0.39 is 0 Å². The van der Waals surface area contributed by atoms with Crippen molar-refractivity contribution in [2.24, 2.45) is 0 Å². The highest BCUT2D eigenvalue weighted by molar-refractivity contribution is 5.97. The van der Waals surface area contributed by atoms with Crippen LogP contribution in [-0.2, 0) is 6.42 Å². The van der Waals surface area contributed by atoms with E-state index in [9.17, 15) is 4.79 Å². The summed E-state index contributed by atoms with van der Waals surface area (Å²) in [5.41, 5.74) is 4.40. The molecule has 0 radical (unpaired) electrons. The Labute approximate surface area is 163 Å². The number of ether oxygens (including phenoxy) is 1. The average molecular weight is 371 g/mol. The minimum Gasteiger partial charge on any atom is -0.495 e. The molecule has 0 bridgehead atoms. The van der Waals surface area contributed by atoms with Gasteiger partial charge < -0.3 is 10.1 Å². The average Bonchev–Trinajstić information content (AvgIpc) is 3.17. The molecule has 0 saturated heterocycles. The van der Waals surface area contributed by atoms with E-state index in [4.69, 9.17) is 4.74 Å². The van der Waals surface area contributed by atoms with Crippen LogP contribution in [0.25, 0.3) is 16.7 Å². The number of carbonyl (C=O) groups is 1. The molecule has 0 fully saturated rings. The molecule has 28 heavy (non-hydrogen) atoms. The van der Waals surface area contributed by atoms with E-state index in [0.717, 1.165) is 28.9 Å². The highest BCUT2D eigenvalue weighted by Crippen LogP contribution is 2.26. The summed E-state index contributed by atoms with van der Waals surface area (Å²) in [7, 11) is 1.65. The first-order valence-electron chi connectivity index (χ1n) is 9.19. The molecule has 0 saturated carbocycles. The van der Waals surface area contributed by atoms with Crippen LogP contribution in [-0.4, -0.2) is 29.1 Å². The Bertz CT molecular complexity index is 1100. The first kappa shape index (κ1) is 17.8. The van der Waals surface area contributed by atoms with Gasteiger partial charge >= 0.3 is 0 Å². The Morgan fingerprint density at radius 2 is 1.82 bits per heavy atom. The smallest absolute Gasteiger partial charge is 0.251 e. The molecule has 5 nitrogen and oxygen atoms in total. The fourth-order valence-electron chi connectivity index (χ4n) is 3.24. The number of imidazole rings is 1. The summed E-state index contributed by atoms with van der Waals surface area (Å²) in [5.74, 6) is 0.675. The summed E-state index contributed by atoms with van der Waals surface area (Å²) in [6.45, 7) is 0.594. The summed E-state index contributed by atoms with van der Waals surface area (Å²) in [6.07, 6.45) is 2.55. The molecule has 1 N–H and O–H groups in total. The predicted octanol–water partition coefficient (Wildman–Crippen LogP) is 4.01. The minimum absolute atomic E-state index is 0.0929. The standard InChI is InChI=1S/C23H21N3O2/c1-28-22-10-6-5-9-21(22)26-16-25-19-15-18(11-12-20(19)26)23(27)24-14-13-17-7-3-2-4-8-17/h2-12,15-16H,13-14H2,1H3,(H,24,27). The van der Waals surface area contributed by atoms with Gasteiger partial charge in [0, 0.05) is 12.1 Å². The number of amides is 1. The number of benzene rings is 3. The van der Waals surface area contributed by atoms with E-state index in [1.807, 2.05) is 65.2 Å². The molecule has 3 aromatic carbocycles. The molecule has 140 valence electrons. The maximum atomic E-state index is 12.5. The second kappa shape index (κ2) is 7.96. The van der Waals surface area contributed by atoms with E-state index >= 15 is 0 Å². The van der Waals surface area contributed by atoms with Crippen molar-refractivity contribution in [1.29, 1.82) is 0 Å². The van der Waals surface area contributed by atoms with Gasteiger partial charge in [-0.15, -0.1) is 0 Å². The van der Waals surface area contributed by atoms with Gasteiger partial charge in [0.25, 0.3) is 5.91 Å². The monoisotopic (exact) mass is 371 g/mol. The summed E-state index contributed by atoms with van der Waals surface area (Å²) in [4.78, 5) is 17.0. The molecule has 0 aliphatic heterocycles. The number of nitrogens with zero attached hydrogens (tertiary/aromatic N) is 2. The molecule has 1 amide bonds. The van der Waals surface area contributed by atoms with Crippen LogP contribution in [0.15, 0.2) is 79.1 Å². The number of fused-ring (bicyclic) bond motifs is 1. The number of carbonyl (C=O) groups excluding carboxylic acids is 1. The lowest BCUT2D eigenvalue weighted by Crippen LogP contribution is -2.25. The summed E-state index contributed by atoms with van der Waals surface area (Å²) >= 11 is 0. The van der Waals surface area contributed by atoms with Crippen LogP contribution in [0.2, 0.25) is 0 Å². The number of rotatable bonds is 6. The van der Waals surface area contributed by atoms with Crippen molar-refractivity contribution >= 4 is 16.9 Å². The normalized spacial score (nSPS) is 10.8. The SMILES string of the molecule is COc1ccccc1-n1cnc2cc(C(=O)NCCc3ccccc3)ccc21. The Kier molecular flexibility index (Phi) is 5.06. The van der Waals surface area contributed by atoms with Crippen molar-refractivity contribution in [1.82, 2.24) is 14.9 Å². The maximum absolute atomic E-state index is 12.5. The van der Waals surface area contributed by atoms with Gasteiger partial charge in [-0.1, -0.05) is 42.5 Å². The largest absolute Gasteiger partial charge is 0.495 e. The fraction of sp³-hybridized carbons (Fsp3) is 0.130. The van der Waals surface area contributed by atoms with Gasteiger partial charge in [0.1, 0.15) is 12.1 Å². The van der Waals surface area contributed by atoms with Gasteiger partial charge in [-0.2, -0.15) is 0 Å². The topological polar surface area (TPSA) is 56.2 Å². The summed E-state index contributed by atoms with van der Waals surface area (Å²) in [5, 5.41) is 2.98. The molecule has 4 aromatic rings. The molecule has 0 aliphatic rings. The van der Waals surface area contributed by atoms with Gasteiger partial charge in [0.05, 0.1) is 23.8 Å². The highest BCUT2D eigenvalue weighted by atomic mass is 16.5. The van der Waals surface area contributed by atoms with Crippen LogP contribution < -0.4 is 10.1 Å². The van der Waals surface area contributed by atoms with Gasteiger partial charge in [0.2, 0.25) is 0 Å². The lowest BCUT2D eigenvalue weighted by molar-refractivity contribution is 0.0954. The first-order chi connectivity index (χ1) is 13.8. The van der Waals surface area contributed by atoms with Crippen molar-refractivity contribution < 1.29 is 9.53 Å². The zero-order valence-electron chi connectivity index (χ0n) is 15.6. The minimum atomic E-state index is -0.0929. The number of para-hydroxylation sites is 2. The van der Waals surface area contributed by atoms with Gasteiger partial charge in [0.15, 0.2) is 0 Å². The Morgan fingerprint density at radius 3 is 2.64 bits per heavy atom. The third-order valence-corrected chi connectivity index (χ3v) is 4.70. The number of nitrogens with one attached hydrogen (secondary N) is 1. The molecule has 1 heterocycles. The van der Waals surface area contributed by atoms with Gasteiger partial charge in [-0.3, -0.25) is 9.36 Å². The van der Waals surface area contributed by atoms with E-state index in [1.165, 1.54) is 5.56 Å². The fourth-order valence-corrected chi connectivity index (χ4v) is 3.24. The van der Waals surface area contributed by atoms with Crippen molar-refractivity contribution in [3.63, 3.8) is 0 Å². The zero-order valence-corrected chi connectivity index (χ0v) is 15.6. The van der Waals surface area contributed by atoms with E-state index in [0.29, 0.717) is 12.1 Å². The lowest BCUT2D eigenvalue weighted by atomic mass is 10.1. The van der Waals surface area contributed by atoms with Crippen molar-refractivity contribution in [2.75, 3.05) is 13.7 Å². The molecular formula is C23H21N3O2. The molecule has 0 unspecified atom stereocenters.